The lowest BCUT2D eigenvalue weighted by molar-refractivity contribution is -0.155. The molecule has 0 heterocycles. The van der Waals surface area contributed by atoms with E-state index in [1.165, 1.54) is 25.1 Å². The molecule has 0 fully saturated rings. The third-order valence-corrected chi connectivity index (χ3v) is 3.75. The predicted octanol–water partition coefficient (Wildman–Crippen LogP) is 3.70. The summed E-state index contributed by atoms with van der Waals surface area (Å²) in [6, 6.07) is 9.67. The molecule has 26 heavy (non-hydrogen) atoms. The van der Waals surface area contributed by atoms with Crippen LogP contribution in [0.1, 0.15) is 23.6 Å². The summed E-state index contributed by atoms with van der Waals surface area (Å²) in [5.74, 6) is -1.24. The van der Waals surface area contributed by atoms with Crippen LogP contribution in [0.5, 0.6) is 5.75 Å². The molecule has 0 bridgehead atoms. The number of carbonyl (C=O) groups is 2. The smallest absolute Gasteiger partial charge is 0.344 e. The van der Waals surface area contributed by atoms with Gasteiger partial charge in [-0.25, -0.2) is 9.18 Å². The Hall–Kier alpha value is -2.89. The van der Waals surface area contributed by atoms with Crippen LogP contribution in [0.15, 0.2) is 36.4 Å². The first-order valence-electron chi connectivity index (χ1n) is 8.23. The van der Waals surface area contributed by atoms with Crippen LogP contribution in [0.4, 0.5) is 10.1 Å². The van der Waals surface area contributed by atoms with Crippen molar-refractivity contribution in [2.75, 3.05) is 11.9 Å². The van der Waals surface area contributed by atoms with Gasteiger partial charge >= 0.3 is 5.97 Å². The minimum absolute atomic E-state index is 0.0301. The molecule has 0 aliphatic rings. The predicted molar refractivity (Wildman–Crippen MR) is 96.7 cm³/mol. The maximum absolute atomic E-state index is 13.5. The molecule has 5 nitrogen and oxygen atoms in total. The molecule has 138 valence electrons. The van der Waals surface area contributed by atoms with Crippen molar-refractivity contribution in [3.63, 3.8) is 0 Å². The second kappa shape index (κ2) is 8.47. The number of anilines is 1. The van der Waals surface area contributed by atoms with Gasteiger partial charge in [-0.15, -0.1) is 0 Å². The van der Waals surface area contributed by atoms with Gasteiger partial charge < -0.3 is 14.8 Å². The monoisotopic (exact) mass is 359 g/mol. The highest BCUT2D eigenvalue weighted by Crippen LogP contribution is 2.24. The van der Waals surface area contributed by atoms with Gasteiger partial charge in [-0.1, -0.05) is 29.8 Å². The van der Waals surface area contributed by atoms with Gasteiger partial charge in [0.1, 0.15) is 11.6 Å². The maximum atomic E-state index is 13.5. The molecule has 0 saturated heterocycles. The zero-order valence-corrected chi connectivity index (χ0v) is 15.3. The Morgan fingerprint density at radius 1 is 1.12 bits per heavy atom. The Labute approximate surface area is 152 Å². The molecule has 1 amide bonds. The molecule has 0 saturated carbocycles. The molecule has 0 aromatic heterocycles. The molecule has 0 radical (unpaired) electrons. The van der Waals surface area contributed by atoms with Crippen molar-refractivity contribution in [2.45, 2.75) is 33.8 Å². The van der Waals surface area contributed by atoms with Crippen molar-refractivity contribution in [2.24, 2.45) is 0 Å². The van der Waals surface area contributed by atoms with E-state index in [2.05, 4.69) is 5.32 Å². The number of benzene rings is 2. The summed E-state index contributed by atoms with van der Waals surface area (Å²) in [5, 5.41) is 2.38. The molecule has 0 spiro atoms. The van der Waals surface area contributed by atoms with Crippen LogP contribution in [0, 0.1) is 26.6 Å². The Morgan fingerprint density at radius 3 is 2.35 bits per heavy atom. The maximum Gasteiger partial charge on any atom is 0.344 e. The number of nitrogens with one attached hydrogen (secondary N) is 1. The molecular weight excluding hydrogens is 337 g/mol. The van der Waals surface area contributed by atoms with Crippen molar-refractivity contribution >= 4 is 17.6 Å². The Bertz CT molecular complexity index is 796. The standard InChI is InChI=1S/C20H22FNO4/c1-12-9-13(2)19(14(3)10-12)25-11-18(23)26-15(4)20(24)22-17-8-6-5-7-16(17)21/h5-10,15H,11H2,1-4H3,(H,22,24)/t15-/m1/s1. The van der Waals surface area contributed by atoms with E-state index in [0.29, 0.717) is 5.75 Å². The van der Waals surface area contributed by atoms with Gasteiger partial charge in [-0.2, -0.15) is 0 Å². The SMILES string of the molecule is Cc1cc(C)c(OCC(=O)O[C@H](C)C(=O)Nc2ccccc2F)c(C)c1. The number of aryl methyl sites for hydroxylation is 3. The number of ether oxygens (including phenoxy) is 2. The number of rotatable bonds is 6. The summed E-state index contributed by atoms with van der Waals surface area (Å²) in [5.41, 5.74) is 2.97. The second-order valence-electron chi connectivity index (χ2n) is 6.12. The normalized spacial score (nSPS) is 11.6. The van der Waals surface area contributed by atoms with E-state index >= 15 is 0 Å². The van der Waals surface area contributed by atoms with Gasteiger partial charge in [-0.05, 0) is 51.0 Å². The van der Waals surface area contributed by atoms with E-state index in [0.717, 1.165) is 16.7 Å². The number of para-hydroxylation sites is 1. The van der Waals surface area contributed by atoms with Crippen LogP contribution in [0.2, 0.25) is 0 Å². The van der Waals surface area contributed by atoms with E-state index < -0.39 is 23.8 Å². The molecule has 2 aromatic rings. The van der Waals surface area contributed by atoms with Crippen LogP contribution in [-0.4, -0.2) is 24.6 Å². The zero-order chi connectivity index (χ0) is 19.3. The van der Waals surface area contributed by atoms with E-state index in [9.17, 15) is 14.0 Å². The van der Waals surface area contributed by atoms with E-state index in [1.54, 1.807) is 6.07 Å². The van der Waals surface area contributed by atoms with E-state index in [-0.39, 0.29) is 12.3 Å². The number of halogens is 1. The fraction of sp³-hybridized carbons (Fsp3) is 0.300. The average Bonchev–Trinajstić information content (AvgIpc) is 2.55. The van der Waals surface area contributed by atoms with Crippen LogP contribution in [0.25, 0.3) is 0 Å². The molecule has 2 rings (SSSR count). The molecule has 0 unspecified atom stereocenters. The van der Waals surface area contributed by atoms with Crippen molar-refractivity contribution in [3.8, 4) is 5.75 Å². The van der Waals surface area contributed by atoms with Crippen molar-refractivity contribution in [1.82, 2.24) is 0 Å². The summed E-state index contributed by atoms with van der Waals surface area (Å²) in [7, 11) is 0. The number of hydrogen-bond acceptors (Lipinski definition) is 4. The van der Waals surface area contributed by atoms with Gasteiger partial charge in [0.25, 0.3) is 5.91 Å². The highest BCUT2D eigenvalue weighted by Gasteiger charge is 2.19. The largest absolute Gasteiger partial charge is 0.481 e. The lowest BCUT2D eigenvalue weighted by atomic mass is 10.1. The molecule has 1 atom stereocenters. The number of carbonyl (C=O) groups excluding carboxylic acids is 2. The zero-order valence-electron chi connectivity index (χ0n) is 15.3. The third kappa shape index (κ3) is 5.05. The van der Waals surface area contributed by atoms with Gasteiger partial charge in [-0.3, -0.25) is 4.79 Å². The number of amides is 1. The van der Waals surface area contributed by atoms with Crippen LogP contribution in [-0.2, 0) is 14.3 Å². The first-order valence-corrected chi connectivity index (χ1v) is 8.23. The van der Waals surface area contributed by atoms with Gasteiger partial charge in [0.2, 0.25) is 0 Å². The van der Waals surface area contributed by atoms with Gasteiger partial charge in [0.05, 0.1) is 5.69 Å². The van der Waals surface area contributed by atoms with Gasteiger partial charge in [0, 0.05) is 0 Å². The first-order chi connectivity index (χ1) is 12.3. The summed E-state index contributed by atoms with van der Waals surface area (Å²) < 4.78 is 24.1. The Morgan fingerprint density at radius 2 is 1.73 bits per heavy atom. The van der Waals surface area contributed by atoms with E-state index in [1.807, 2.05) is 32.9 Å². The highest BCUT2D eigenvalue weighted by atomic mass is 19.1. The fourth-order valence-corrected chi connectivity index (χ4v) is 2.61. The lowest BCUT2D eigenvalue weighted by Gasteiger charge is -2.16. The van der Waals surface area contributed by atoms with Crippen LogP contribution >= 0.6 is 0 Å². The Balaban J connectivity index is 1.89. The van der Waals surface area contributed by atoms with E-state index in [4.69, 9.17) is 9.47 Å². The third-order valence-electron chi connectivity index (χ3n) is 3.75. The molecule has 6 heteroatoms. The number of hydrogen-bond donors (Lipinski definition) is 1. The van der Waals surface area contributed by atoms with Crippen LogP contribution in [0.3, 0.4) is 0 Å². The Kier molecular flexibility index (Phi) is 6.33. The summed E-state index contributed by atoms with van der Waals surface area (Å²) >= 11 is 0. The summed E-state index contributed by atoms with van der Waals surface area (Å²) in [6.45, 7) is 6.86. The minimum Gasteiger partial charge on any atom is -0.481 e. The number of esters is 1. The quantitative estimate of drug-likeness (QED) is 0.799. The fourth-order valence-electron chi connectivity index (χ4n) is 2.61. The van der Waals surface area contributed by atoms with Crippen molar-refractivity contribution < 1.29 is 23.5 Å². The second-order valence-corrected chi connectivity index (χ2v) is 6.12. The van der Waals surface area contributed by atoms with Crippen LogP contribution < -0.4 is 10.1 Å². The molecule has 0 aliphatic heterocycles. The van der Waals surface area contributed by atoms with Crippen molar-refractivity contribution in [1.29, 1.82) is 0 Å². The highest BCUT2D eigenvalue weighted by molar-refractivity contribution is 5.95. The summed E-state index contributed by atoms with van der Waals surface area (Å²) in [4.78, 5) is 24.0. The van der Waals surface area contributed by atoms with Gasteiger partial charge in [0.15, 0.2) is 12.7 Å². The lowest BCUT2D eigenvalue weighted by Crippen LogP contribution is -2.32. The average molecular weight is 359 g/mol. The molecule has 0 aliphatic carbocycles. The molecular formula is C20H22FNO4. The first kappa shape index (κ1) is 19.4. The molecule has 2 aromatic carbocycles. The summed E-state index contributed by atoms with van der Waals surface area (Å²) in [6.07, 6.45) is -1.08. The molecule has 1 N–H and O–H groups in total. The topological polar surface area (TPSA) is 64.6 Å². The minimum atomic E-state index is -1.08. The van der Waals surface area contributed by atoms with Crippen molar-refractivity contribution in [3.05, 3.63) is 58.9 Å².